The summed E-state index contributed by atoms with van der Waals surface area (Å²) in [4.78, 5) is 0. The van der Waals surface area contributed by atoms with Crippen molar-refractivity contribution in [1.82, 2.24) is 5.32 Å². The Morgan fingerprint density at radius 2 is 1.93 bits per heavy atom. The first-order valence-corrected chi connectivity index (χ1v) is 5.76. The minimum absolute atomic E-state index is 0.00428. The zero-order valence-electron chi connectivity index (χ0n) is 10.3. The lowest BCUT2D eigenvalue weighted by Gasteiger charge is -2.29. The van der Waals surface area contributed by atoms with Crippen LogP contribution in [-0.4, -0.2) is 24.8 Å². The van der Waals surface area contributed by atoms with Crippen LogP contribution in [0.1, 0.15) is 47.0 Å². The maximum atomic E-state index is 5.43. The topological polar surface area (TPSA) is 21.3 Å². The molecule has 2 nitrogen and oxygen atoms in total. The number of nitrogens with one attached hydrogen (secondary N) is 1. The van der Waals surface area contributed by atoms with E-state index in [-0.39, 0.29) is 5.60 Å². The van der Waals surface area contributed by atoms with Crippen molar-refractivity contribution in [2.75, 3.05) is 7.11 Å². The second kappa shape index (κ2) is 4.63. The summed E-state index contributed by atoms with van der Waals surface area (Å²) in [6, 6.07) is 1.22. The normalized spacial score (nSPS) is 22.1. The van der Waals surface area contributed by atoms with Gasteiger partial charge in [0.15, 0.2) is 0 Å². The van der Waals surface area contributed by atoms with Gasteiger partial charge in [0, 0.05) is 19.2 Å². The highest BCUT2D eigenvalue weighted by atomic mass is 16.5. The van der Waals surface area contributed by atoms with Gasteiger partial charge in [-0.05, 0) is 52.9 Å². The third-order valence-corrected chi connectivity index (χ3v) is 3.23. The van der Waals surface area contributed by atoms with Gasteiger partial charge in [-0.3, -0.25) is 0 Å². The zero-order valence-corrected chi connectivity index (χ0v) is 10.3. The third kappa shape index (κ3) is 3.97. The molecule has 84 valence electrons. The first kappa shape index (κ1) is 12.0. The highest BCUT2D eigenvalue weighted by molar-refractivity contribution is 4.86. The van der Waals surface area contributed by atoms with Gasteiger partial charge in [0.2, 0.25) is 0 Å². The van der Waals surface area contributed by atoms with Crippen molar-refractivity contribution in [2.24, 2.45) is 5.92 Å². The Morgan fingerprint density at radius 3 is 2.36 bits per heavy atom. The quantitative estimate of drug-likeness (QED) is 0.710. The summed E-state index contributed by atoms with van der Waals surface area (Å²) in [5.41, 5.74) is -0.00428. The van der Waals surface area contributed by atoms with Gasteiger partial charge in [0.1, 0.15) is 0 Å². The van der Waals surface area contributed by atoms with Crippen molar-refractivity contribution in [3.8, 4) is 0 Å². The van der Waals surface area contributed by atoms with Gasteiger partial charge >= 0.3 is 0 Å². The van der Waals surface area contributed by atoms with Gasteiger partial charge in [0.25, 0.3) is 0 Å². The van der Waals surface area contributed by atoms with Crippen molar-refractivity contribution >= 4 is 0 Å². The smallest absolute Gasteiger partial charge is 0.0637 e. The van der Waals surface area contributed by atoms with E-state index in [1.807, 2.05) is 0 Å². The number of ether oxygens (including phenoxy) is 1. The summed E-state index contributed by atoms with van der Waals surface area (Å²) < 4.78 is 5.43. The summed E-state index contributed by atoms with van der Waals surface area (Å²) in [5.74, 6) is 0.933. The summed E-state index contributed by atoms with van der Waals surface area (Å²) >= 11 is 0. The monoisotopic (exact) mass is 199 g/mol. The molecule has 0 bridgehead atoms. The molecule has 0 amide bonds. The number of hydrogen-bond donors (Lipinski definition) is 1. The van der Waals surface area contributed by atoms with Gasteiger partial charge in [-0.25, -0.2) is 0 Å². The lowest BCUT2D eigenvalue weighted by atomic mass is 9.99. The van der Waals surface area contributed by atoms with Gasteiger partial charge in [0.05, 0.1) is 5.60 Å². The van der Waals surface area contributed by atoms with Crippen LogP contribution in [0.3, 0.4) is 0 Å². The Hall–Kier alpha value is -0.0800. The van der Waals surface area contributed by atoms with Crippen molar-refractivity contribution in [2.45, 2.75) is 64.6 Å². The van der Waals surface area contributed by atoms with E-state index in [2.05, 4.69) is 33.0 Å². The third-order valence-electron chi connectivity index (χ3n) is 3.23. The van der Waals surface area contributed by atoms with E-state index in [1.54, 1.807) is 7.11 Å². The fourth-order valence-electron chi connectivity index (χ4n) is 2.06. The average molecular weight is 199 g/mol. The van der Waals surface area contributed by atoms with E-state index >= 15 is 0 Å². The lowest BCUT2D eigenvalue weighted by Crippen LogP contribution is -2.40. The fraction of sp³-hybridized carbons (Fsp3) is 1.00. The molecule has 0 spiro atoms. The molecule has 2 unspecified atom stereocenters. The highest BCUT2D eigenvalue weighted by Crippen LogP contribution is 2.32. The summed E-state index contributed by atoms with van der Waals surface area (Å²) in [6.07, 6.45) is 3.89. The Bertz CT molecular complexity index is 175. The Balaban J connectivity index is 2.23. The maximum absolute atomic E-state index is 5.43. The first-order chi connectivity index (χ1) is 6.44. The number of rotatable bonds is 6. The molecule has 2 heteroatoms. The van der Waals surface area contributed by atoms with Gasteiger partial charge < -0.3 is 10.1 Å². The molecule has 0 heterocycles. The summed E-state index contributed by atoms with van der Waals surface area (Å²) in [5, 5.41) is 3.65. The Labute approximate surface area is 88.4 Å². The van der Waals surface area contributed by atoms with E-state index < -0.39 is 0 Å². The van der Waals surface area contributed by atoms with Crippen LogP contribution >= 0.6 is 0 Å². The molecule has 0 saturated heterocycles. The Kier molecular flexibility index (Phi) is 3.96. The maximum Gasteiger partial charge on any atom is 0.0637 e. The van der Waals surface area contributed by atoms with Gasteiger partial charge in [-0.15, -0.1) is 0 Å². The Morgan fingerprint density at radius 1 is 1.36 bits per heavy atom. The van der Waals surface area contributed by atoms with Gasteiger partial charge in [-0.1, -0.05) is 0 Å². The molecule has 1 fully saturated rings. The van der Waals surface area contributed by atoms with E-state index in [0.717, 1.165) is 12.3 Å². The SMILES string of the molecule is COC(C)(C)CC(C)NC(C)C1CC1. The largest absolute Gasteiger partial charge is 0.379 e. The molecule has 0 aromatic rings. The molecular weight excluding hydrogens is 174 g/mol. The van der Waals surface area contributed by atoms with Crippen LogP contribution in [0.4, 0.5) is 0 Å². The molecule has 0 aromatic carbocycles. The van der Waals surface area contributed by atoms with Crippen molar-refractivity contribution in [3.63, 3.8) is 0 Å². The molecular formula is C12H25NO. The van der Waals surface area contributed by atoms with E-state index in [0.29, 0.717) is 12.1 Å². The molecule has 2 atom stereocenters. The van der Waals surface area contributed by atoms with Gasteiger partial charge in [-0.2, -0.15) is 0 Å². The molecule has 1 N–H and O–H groups in total. The highest BCUT2D eigenvalue weighted by Gasteiger charge is 2.29. The van der Waals surface area contributed by atoms with Crippen molar-refractivity contribution in [1.29, 1.82) is 0 Å². The predicted molar refractivity (Wildman–Crippen MR) is 60.5 cm³/mol. The molecule has 0 radical (unpaired) electrons. The van der Waals surface area contributed by atoms with Crippen LogP contribution in [0, 0.1) is 5.92 Å². The molecule has 1 rings (SSSR count). The minimum Gasteiger partial charge on any atom is -0.379 e. The molecule has 0 aromatic heterocycles. The minimum atomic E-state index is -0.00428. The molecule has 1 aliphatic rings. The van der Waals surface area contributed by atoms with E-state index in [4.69, 9.17) is 4.74 Å². The van der Waals surface area contributed by atoms with Crippen LogP contribution in [0.5, 0.6) is 0 Å². The van der Waals surface area contributed by atoms with Crippen LogP contribution in [-0.2, 0) is 4.74 Å². The fourth-order valence-corrected chi connectivity index (χ4v) is 2.06. The predicted octanol–water partition coefficient (Wildman–Crippen LogP) is 2.58. The molecule has 1 aliphatic carbocycles. The molecule has 0 aliphatic heterocycles. The molecule has 1 saturated carbocycles. The van der Waals surface area contributed by atoms with Crippen molar-refractivity contribution in [3.05, 3.63) is 0 Å². The van der Waals surface area contributed by atoms with E-state index in [1.165, 1.54) is 12.8 Å². The zero-order chi connectivity index (χ0) is 10.8. The van der Waals surface area contributed by atoms with Crippen LogP contribution in [0.15, 0.2) is 0 Å². The van der Waals surface area contributed by atoms with Crippen LogP contribution in [0.25, 0.3) is 0 Å². The average Bonchev–Trinajstić information content (AvgIpc) is 2.84. The standard InChI is InChI=1S/C12H25NO/c1-9(8-12(3,4)14-5)13-10(2)11-6-7-11/h9-11,13H,6-8H2,1-5H3. The molecule has 14 heavy (non-hydrogen) atoms. The van der Waals surface area contributed by atoms with Crippen LogP contribution < -0.4 is 5.32 Å². The van der Waals surface area contributed by atoms with E-state index in [9.17, 15) is 0 Å². The van der Waals surface area contributed by atoms with Crippen molar-refractivity contribution < 1.29 is 4.74 Å². The number of hydrogen-bond acceptors (Lipinski definition) is 2. The first-order valence-electron chi connectivity index (χ1n) is 5.76. The lowest BCUT2D eigenvalue weighted by molar-refractivity contribution is 0.00765. The number of methoxy groups -OCH3 is 1. The second-order valence-electron chi connectivity index (χ2n) is 5.36. The van der Waals surface area contributed by atoms with Crippen LogP contribution in [0.2, 0.25) is 0 Å². The summed E-state index contributed by atoms with van der Waals surface area (Å²) in [6.45, 7) is 8.84. The second-order valence-corrected chi connectivity index (χ2v) is 5.36. The summed E-state index contributed by atoms with van der Waals surface area (Å²) in [7, 11) is 1.79.